The lowest BCUT2D eigenvalue weighted by Gasteiger charge is -2.10. The van der Waals surface area contributed by atoms with Gasteiger partial charge >= 0.3 is 0 Å². The fourth-order valence-corrected chi connectivity index (χ4v) is 2.50. The molecule has 0 aliphatic heterocycles. The van der Waals surface area contributed by atoms with Gasteiger partial charge in [-0.15, -0.1) is 0 Å². The molecule has 0 aliphatic carbocycles. The number of amides is 2. The molecule has 0 unspecified atom stereocenters. The van der Waals surface area contributed by atoms with Crippen LogP contribution in [0.5, 0.6) is 11.5 Å². The Morgan fingerprint density at radius 3 is 2.56 bits per heavy atom. The number of hydrogen-bond donors (Lipinski definition) is 2. The van der Waals surface area contributed by atoms with E-state index in [1.807, 2.05) is 32.0 Å². The summed E-state index contributed by atoms with van der Waals surface area (Å²) in [5.74, 6) is 0.346. The molecule has 6 nitrogen and oxygen atoms in total. The van der Waals surface area contributed by atoms with Crippen LogP contribution in [0, 0.1) is 6.92 Å². The number of ether oxygens (including phenoxy) is 2. The fourth-order valence-electron chi connectivity index (χ4n) is 2.00. The van der Waals surface area contributed by atoms with Crippen molar-refractivity contribution in [1.29, 1.82) is 0 Å². The second-order valence-corrected chi connectivity index (χ2v) is 6.04. The van der Waals surface area contributed by atoms with Crippen molar-refractivity contribution in [2.24, 2.45) is 0 Å². The lowest BCUT2D eigenvalue weighted by molar-refractivity contribution is -0.123. The molecule has 0 radical (unpaired) electrons. The molecule has 0 saturated carbocycles. The summed E-state index contributed by atoms with van der Waals surface area (Å²) in [5, 5.41) is 0. The Morgan fingerprint density at radius 1 is 1.08 bits per heavy atom. The summed E-state index contributed by atoms with van der Waals surface area (Å²) < 4.78 is 11.4. The topological polar surface area (TPSA) is 76.7 Å². The smallest absolute Gasteiger partial charge is 0.276 e. The number of carbonyl (C=O) groups is 2. The van der Waals surface area contributed by atoms with Gasteiger partial charge in [0.1, 0.15) is 11.5 Å². The normalized spacial score (nSPS) is 10.0. The maximum Gasteiger partial charge on any atom is 0.276 e. The molecule has 0 aliphatic rings. The molecule has 2 aromatic rings. The van der Waals surface area contributed by atoms with Crippen LogP contribution in [0.4, 0.5) is 0 Å². The fraction of sp³-hybridized carbons (Fsp3) is 0.222. The largest absolute Gasteiger partial charge is 0.493 e. The molecule has 2 amide bonds. The molecule has 2 rings (SSSR count). The van der Waals surface area contributed by atoms with Crippen LogP contribution in [0.15, 0.2) is 46.9 Å². The molecule has 132 valence electrons. The van der Waals surface area contributed by atoms with Gasteiger partial charge in [0.25, 0.3) is 11.8 Å². The maximum absolute atomic E-state index is 12.1. The summed E-state index contributed by atoms with van der Waals surface area (Å²) >= 11 is 3.34. The van der Waals surface area contributed by atoms with Gasteiger partial charge in [-0.2, -0.15) is 0 Å². The van der Waals surface area contributed by atoms with E-state index in [4.69, 9.17) is 9.47 Å². The van der Waals surface area contributed by atoms with Gasteiger partial charge in [-0.25, -0.2) is 0 Å². The number of carbonyl (C=O) groups excluding carboxylic acids is 2. The molecular weight excluding hydrogens is 388 g/mol. The highest BCUT2D eigenvalue weighted by atomic mass is 79.9. The Hall–Kier alpha value is -2.54. The Labute approximate surface area is 154 Å². The van der Waals surface area contributed by atoms with E-state index in [-0.39, 0.29) is 6.61 Å². The SMILES string of the molecule is CCOc1ccc(C(=O)NNC(=O)COc2cccc(C)c2)cc1Br. The van der Waals surface area contributed by atoms with Crippen molar-refractivity contribution >= 4 is 27.7 Å². The number of hydrogen-bond acceptors (Lipinski definition) is 4. The highest BCUT2D eigenvalue weighted by molar-refractivity contribution is 9.10. The minimum atomic E-state index is -0.458. The molecule has 0 spiro atoms. The number of rotatable bonds is 6. The van der Waals surface area contributed by atoms with Crippen molar-refractivity contribution in [2.75, 3.05) is 13.2 Å². The van der Waals surface area contributed by atoms with Gasteiger partial charge < -0.3 is 9.47 Å². The van der Waals surface area contributed by atoms with Crippen molar-refractivity contribution in [3.05, 3.63) is 58.1 Å². The Balaban J connectivity index is 1.82. The first kappa shape index (κ1) is 18.8. The van der Waals surface area contributed by atoms with Crippen molar-refractivity contribution in [3.63, 3.8) is 0 Å². The van der Waals surface area contributed by atoms with Crippen LogP contribution in [-0.2, 0) is 4.79 Å². The number of nitrogens with one attached hydrogen (secondary N) is 2. The number of halogens is 1. The van der Waals surface area contributed by atoms with Gasteiger partial charge in [-0.3, -0.25) is 20.4 Å². The summed E-state index contributed by atoms with van der Waals surface area (Å²) in [5.41, 5.74) is 6.08. The average molecular weight is 407 g/mol. The predicted molar refractivity (Wildman–Crippen MR) is 97.6 cm³/mol. The first-order valence-corrected chi connectivity index (χ1v) is 8.50. The van der Waals surface area contributed by atoms with Crippen molar-refractivity contribution in [2.45, 2.75) is 13.8 Å². The zero-order valence-corrected chi connectivity index (χ0v) is 15.6. The molecule has 0 atom stereocenters. The van der Waals surface area contributed by atoms with E-state index in [0.29, 0.717) is 28.1 Å². The average Bonchev–Trinajstić information content (AvgIpc) is 2.60. The number of hydrazine groups is 1. The Morgan fingerprint density at radius 2 is 1.88 bits per heavy atom. The molecule has 25 heavy (non-hydrogen) atoms. The van der Waals surface area contributed by atoms with E-state index in [9.17, 15) is 9.59 Å². The van der Waals surface area contributed by atoms with Crippen LogP contribution in [0.2, 0.25) is 0 Å². The third-order valence-electron chi connectivity index (χ3n) is 3.17. The third-order valence-corrected chi connectivity index (χ3v) is 3.79. The number of benzene rings is 2. The summed E-state index contributed by atoms with van der Waals surface area (Å²) in [6, 6.07) is 12.3. The molecular formula is C18H19BrN2O4. The molecule has 7 heteroatoms. The molecule has 2 aromatic carbocycles. The van der Waals surface area contributed by atoms with E-state index in [1.54, 1.807) is 24.3 Å². The standard InChI is InChI=1S/C18H19BrN2O4/c1-3-24-16-8-7-13(10-15(16)19)18(23)21-20-17(22)11-25-14-6-4-5-12(2)9-14/h4-10H,3,11H2,1-2H3,(H,20,22)(H,21,23). The molecule has 2 N–H and O–H groups in total. The van der Waals surface area contributed by atoms with Crippen LogP contribution in [-0.4, -0.2) is 25.0 Å². The third kappa shape index (κ3) is 5.79. The molecule has 0 saturated heterocycles. The second-order valence-electron chi connectivity index (χ2n) is 5.19. The van der Waals surface area contributed by atoms with E-state index >= 15 is 0 Å². The maximum atomic E-state index is 12.1. The first-order valence-electron chi connectivity index (χ1n) is 7.70. The summed E-state index contributed by atoms with van der Waals surface area (Å²) in [6.45, 7) is 4.14. The highest BCUT2D eigenvalue weighted by Crippen LogP contribution is 2.25. The monoisotopic (exact) mass is 406 g/mol. The van der Waals surface area contributed by atoms with Crippen LogP contribution in [0.25, 0.3) is 0 Å². The van der Waals surface area contributed by atoms with Crippen LogP contribution < -0.4 is 20.3 Å². The Kier molecular flexibility index (Phi) is 6.82. The lowest BCUT2D eigenvalue weighted by atomic mass is 10.2. The summed E-state index contributed by atoms with van der Waals surface area (Å²) in [4.78, 5) is 23.8. The quantitative estimate of drug-likeness (QED) is 0.722. The first-order chi connectivity index (χ1) is 12.0. The van der Waals surface area contributed by atoms with Gasteiger partial charge in [0.2, 0.25) is 0 Å². The van der Waals surface area contributed by atoms with E-state index in [2.05, 4.69) is 26.8 Å². The van der Waals surface area contributed by atoms with Crippen LogP contribution in [0.1, 0.15) is 22.8 Å². The zero-order chi connectivity index (χ0) is 18.2. The van der Waals surface area contributed by atoms with Crippen molar-refractivity contribution in [1.82, 2.24) is 10.9 Å². The van der Waals surface area contributed by atoms with Crippen LogP contribution >= 0.6 is 15.9 Å². The number of aryl methyl sites for hydroxylation is 1. The van der Waals surface area contributed by atoms with Gasteiger partial charge in [0.05, 0.1) is 11.1 Å². The van der Waals surface area contributed by atoms with E-state index in [1.165, 1.54) is 0 Å². The summed E-state index contributed by atoms with van der Waals surface area (Å²) in [6.07, 6.45) is 0. The predicted octanol–water partition coefficient (Wildman–Crippen LogP) is 3.00. The van der Waals surface area contributed by atoms with E-state index in [0.717, 1.165) is 5.56 Å². The zero-order valence-electron chi connectivity index (χ0n) is 14.0. The van der Waals surface area contributed by atoms with Gasteiger partial charge in [-0.1, -0.05) is 12.1 Å². The second kappa shape index (κ2) is 9.08. The van der Waals surface area contributed by atoms with Crippen molar-refractivity contribution < 1.29 is 19.1 Å². The molecule has 0 heterocycles. The molecule has 0 bridgehead atoms. The highest BCUT2D eigenvalue weighted by Gasteiger charge is 2.10. The minimum absolute atomic E-state index is 0.198. The summed E-state index contributed by atoms with van der Waals surface area (Å²) in [7, 11) is 0. The van der Waals surface area contributed by atoms with Gasteiger partial charge in [0, 0.05) is 5.56 Å². The van der Waals surface area contributed by atoms with Crippen molar-refractivity contribution in [3.8, 4) is 11.5 Å². The lowest BCUT2D eigenvalue weighted by Crippen LogP contribution is -2.43. The molecule has 0 fully saturated rings. The van der Waals surface area contributed by atoms with Gasteiger partial charge in [0.15, 0.2) is 6.61 Å². The molecule has 0 aromatic heterocycles. The Bertz CT molecular complexity index is 764. The van der Waals surface area contributed by atoms with Gasteiger partial charge in [-0.05, 0) is 65.7 Å². The minimum Gasteiger partial charge on any atom is -0.493 e. The van der Waals surface area contributed by atoms with Crippen LogP contribution in [0.3, 0.4) is 0 Å². The van der Waals surface area contributed by atoms with E-state index < -0.39 is 11.8 Å².